The van der Waals surface area contributed by atoms with Crippen molar-refractivity contribution in [2.75, 3.05) is 25.1 Å². The van der Waals surface area contributed by atoms with Crippen LogP contribution >= 0.6 is 11.8 Å². The smallest absolute Gasteiger partial charge is 0.338 e. The van der Waals surface area contributed by atoms with Crippen molar-refractivity contribution >= 4 is 52.1 Å². The van der Waals surface area contributed by atoms with E-state index in [4.69, 9.17) is 14.5 Å². The van der Waals surface area contributed by atoms with Gasteiger partial charge in [0.25, 0.3) is 0 Å². The van der Waals surface area contributed by atoms with Crippen LogP contribution in [-0.4, -0.2) is 58.8 Å². The van der Waals surface area contributed by atoms with Crippen LogP contribution in [-0.2, 0) is 25.5 Å². The molecule has 3 aromatic carbocycles. The number of esters is 2. The number of hydrogen-bond acceptors (Lipinski definition) is 8. The number of amidine groups is 1. The molecule has 218 valence electrons. The molecule has 2 amide bonds. The van der Waals surface area contributed by atoms with Gasteiger partial charge < -0.3 is 14.8 Å². The monoisotopic (exact) mass is 587 g/mol. The van der Waals surface area contributed by atoms with E-state index in [1.807, 2.05) is 30.3 Å². The molecule has 1 atom stereocenters. The number of amides is 2. The van der Waals surface area contributed by atoms with Crippen molar-refractivity contribution in [1.29, 1.82) is 0 Å². The summed E-state index contributed by atoms with van der Waals surface area (Å²) in [6.07, 6.45) is 1.53. The van der Waals surface area contributed by atoms with E-state index < -0.39 is 17.2 Å². The molecule has 0 aliphatic carbocycles. The number of carbonyl (C=O) groups excluding carboxylic acids is 4. The summed E-state index contributed by atoms with van der Waals surface area (Å²) in [5, 5.41) is 2.55. The van der Waals surface area contributed by atoms with Gasteiger partial charge in [0.1, 0.15) is 5.25 Å². The first-order chi connectivity index (χ1) is 20.4. The highest BCUT2D eigenvalue weighted by Gasteiger charge is 2.35. The number of benzene rings is 3. The van der Waals surface area contributed by atoms with E-state index in [1.54, 1.807) is 67.3 Å². The fraction of sp³-hybridized carbons (Fsp3) is 0.281. The fourth-order valence-corrected chi connectivity index (χ4v) is 5.40. The lowest BCUT2D eigenvalue weighted by molar-refractivity contribution is -0.129. The molecule has 1 saturated heterocycles. The highest BCUT2D eigenvalue weighted by atomic mass is 32.2. The summed E-state index contributed by atoms with van der Waals surface area (Å²) in [7, 11) is 0. The molecule has 1 fully saturated rings. The summed E-state index contributed by atoms with van der Waals surface area (Å²) < 4.78 is 10.0. The van der Waals surface area contributed by atoms with E-state index in [1.165, 1.54) is 17.3 Å². The zero-order valence-electron chi connectivity index (χ0n) is 23.6. The van der Waals surface area contributed by atoms with Gasteiger partial charge in [-0.2, -0.15) is 0 Å². The Labute approximate surface area is 249 Å². The second-order valence-electron chi connectivity index (χ2n) is 9.39. The zero-order valence-corrected chi connectivity index (χ0v) is 24.4. The summed E-state index contributed by atoms with van der Waals surface area (Å²) >= 11 is 1.22. The SMILES string of the molecule is CCOC(=O)c1ccc(N=C2SC(C(=O)Nc3ccc(C(=O)OCC)cc3)CC(=O)N2CCCc2ccccc2)cc1. The van der Waals surface area contributed by atoms with Crippen molar-refractivity contribution in [3.8, 4) is 0 Å². The van der Waals surface area contributed by atoms with Gasteiger partial charge in [-0.15, -0.1) is 0 Å². The first-order valence-corrected chi connectivity index (χ1v) is 14.7. The molecule has 10 heteroatoms. The van der Waals surface area contributed by atoms with Gasteiger partial charge in [0, 0.05) is 18.7 Å². The third-order valence-corrected chi connectivity index (χ3v) is 7.58. The molecule has 9 nitrogen and oxygen atoms in total. The minimum absolute atomic E-state index is 0.0174. The van der Waals surface area contributed by atoms with Crippen molar-refractivity contribution in [3.05, 3.63) is 95.6 Å². The van der Waals surface area contributed by atoms with Gasteiger partial charge in [-0.05, 0) is 80.8 Å². The molecular weight excluding hydrogens is 554 g/mol. The second-order valence-corrected chi connectivity index (χ2v) is 10.6. The predicted molar refractivity (Wildman–Crippen MR) is 163 cm³/mol. The van der Waals surface area contributed by atoms with Crippen LogP contribution in [0.4, 0.5) is 11.4 Å². The van der Waals surface area contributed by atoms with Gasteiger partial charge in [0.15, 0.2) is 5.17 Å². The summed E-state index contributed by atoms with van der Waals surface area (Å²) in [6.45, 7) is 4.47. The van der Waals surface area contributed by atoms with Crippen LogP contribution in [0.1, 0.15) is 53.0 Å². The van der Waals surface area contributed by atoms with Crippen LogP contribution in [0.25, 0.3) is 0 Å². The highest BCUT2D eigenvalue weighted by Crippen LogP contribution is 2.30. The van der Waals surface area contributed by atoms with E-state index in [0.717, 1.165) is 12.8 Å². The molecule has 1 aliphatic heterocycles. The molecule has 1 N–H and O–H groups in total. The van der Waals surface area contributed by atoms with Gasteiger partial charge in [-0.1, -0.05) is 42.1 Å². The maximum absolute atomic E-state index is 13.3. The predicted octanol–water partition coefficient (Wildman–Crippen LogP) is 5.63. The van der Waals surface area contributed by atoms with Crippen LogP contribution in [0, 0.1) is 0 Å². The molecule has 0 bridgehead atoms. The number of nitrogens with one attached hydrogen (secondary N) is 1. The first-order valence-electron chi connectivity index (χ1n) is 13.8. The lowest BCUT2D eigenvalue weighted by Gasteiger charge is -2.32. The van der Waals surface area contributed by atoms with Crippen molar-refractivity contribution in [2.24, 2.45) is 4.99 Å². The van der Waals surface area contributed by atoms with Crippen molar-refractivity contribution in [2.45, 2.75) is 38.4 Å². The van der Waals surface area contributed by atoms with Gasteiger partial charge in [0.05, 0.1) is 30.0 Å². The molecule has 0 aromatic heterocycles. The fourth-order valence-electron chi connectivity index (χ4n) is 4.27. The first kappa shape index (κ1) is 30.5. The molecule has 1 aliphatic rings. The maximum Gasteiger partial charge on any atom is 0.338 e. The number of hydrogen-bond donors (Lipinski definition) is 1. The second kappa shape index (κ2) is 15.0. The largest absolute Gasteiger partial charge is 0.462 e. The summed E-state index contributed by atoms with van der Waals surface area (Å²) in [4.78, 5) is 56.9. The molecule has 0 spiro atoms. The molecule has 3 aromatic rings. The Hall–Kier alpha value is -4.44. The third kappa shape index (κ3) is 8.29. The standard InChI is InChI=1S/C32H33N3O6S/c1-3-40-30(38)23-12-16-25(17-13-23)33-29(37)27-21-28(36)35(20-8-11-22-9-6-5-7-10-22)32(42-27)34-26-18-14-24(15-19-26)31(39)41-4-2/h5-7,9-10,12-19,27H,3-4,8,11,20-21H2,1-2H3,(H,33,37). The Morgan fingerprint density at radius 2 is 1.48 bits per heavy atom. The molecular formula is C32H33N3O6S. The number of carbonyl (C=O) groups is 4. The van der Waals surface area contributed by atoms with E-state index in [9.17, 15) is 19.2 Å². The molecule has 0 radical (unpaired) electrons. The van der Waals surface area contributed by atoms with Gasteiger partial charge in [-0.25, -0.2) is 14.6 Å². The van der Waals surface area contributed by atoms with Crippen molar-refractivity contribution < 1.29 is 28.7 Å². The number of aliphatic imine (C=N–C) groups is 1. The lowest BCUT2D eigenvalue weighted by atomic mass is 10.1. The van der Waals surface area contributed by atoms with E-state index in [2.05, 4.69) is 5.32 Å². The topological polar surface area (TPSA) is 114 Å². The van der Waals surface area contributed by atoms with Gasteiger partial charge in [0.2, 0.25) is 11.8 Å². The Bertz CT molecular complexity index is 1420. The van der Waals surface area contributed by atoms with Gasteiger partial charge in [-0.3, -0.25) is 14.5 Å². The van der Waals surface area contributed by atoms with E-state index in [0.29, 0.717) is 34.2 Å². The lowest BCUT2D eigenvalue weighted by Crippen LogP contribution is -2.45. The molecule has 1 heterocycles. The summed E-state index contributed by atoms with van der Waals surface area (Å²) in [6, 6.07) is 23.0. The Morgan fingerprint density at radius 1 is 0.881 bits per heavy atom. The summed E-state index contributed by atoms with van der Waals surface area (Å²) in [5.41, 5.74) is 3.00. The van der Waals surface area contributed by atoms with Crippen LogP contribution in [0.15, 0.2) is 83.9 Å². The van der Waals surface area contributed by atoms with E-state index in [-0.39, 0.29) is 31.4 Å². The van der Waals surface area contributed by atoms with E-state index >= 15 is 0 Å². The van der Waals surface area contributed by atoms with Crippen molar-refractivity contribution in [3.63, 3.8) is 0 Å². The third-order valence-electron chi connectivity index (χ3n) is 6.39. The number of anilines is 1. The number of thioether (sulfide) groups is 1. The van der Waals surface area contributed by atoms with Crippen LogP contribution in [0.2, 0.25) is 0 Å². The maximum atomic E-state index is 13.3. The van der Waals surface area contributed by atoms with Crippen LogP contribution in [0.5, 0.6) is 0 Å². The number of aryl methyl sites for hydroxylation is 1. The Morgan fingerprint density at radius 3 is 2.07 bits per heavy atom. The van der Waals surface area contributed by atoms with Crippen LogP contribution < -0.4 is 5.32 Å². The number of nitrogens with zero attached hydrogens (tertiary/aromatic N) is 2. The Kier molecular flexibility index (Phi) is 10.9. The minimum Gasteiger partial charge on any atom is -0.462 e. The van der Waals surface area contributed by atoms with Crippen LogP contribution in [0.3, 0.4) is 0 Å². The molecule has 1 unspecified atom stereocenters. The Balaban J connectivity index is 1.50. The minimum atomic E-state index is -0.704. The van der Waals surface area contributed by atoms with Crippen molar-refractivity contribution in [1.82, 2.24) is 4.90 Å². The normalized spacial score (nSPS) is 15.8. The molecule has 0 saturated carbocycles. The number of rotatable bonds is 11. The highest BCUT2D eigenvalue weighted by molar-refractivity contribution is 8.15. The average Bonchev–Trinajstić information content (AvgIpc) is 3.00. The molecule has 42 heavy (non-hydrogen) atoms. The van der Waals surface area contributed by atoms with Gasteiger partial charge >= 0.3 is 11.9 Å². The molecule has 4 rings (SSSR count). The quantitative estimate of drug-likeness (QED) is 0.289. The summed E-state index contributed by atoms with van der Waals surface area (Å²) in [5.74, 6) is -1.39. The average molecular weight is 588 g/mol. The number of ether oxygens (including phenoxy) is 2. The zero-order chi connectivity index (χ0) is 29.9.